The second-order valence-corrected chi connectivity index (χ2v) is 6.81. The Balaban J connectivity index is 2.30. The number of benzene rings is 1. The van der Waals surface area contributed by atoms with Crippen LogP contribution in [0.2, 0.25) is 0 Å². The molecule has 0 spiro atoms. The molecule has 0 radical (unpaired) electrons. The molecule has 2 rings (SSSR count). The topological polar surface area (TPSA) is 23.8 Å². The van der Waals surface area contributed by atoms with E-state index in [1.54, 1.807) is 0 Å². The molecule has 0 saturated heterocycles. The maximum Gasteiger partial charge on any atom is 0.0693 e. The number of rotatable bonds is 2. The summed E-state index contributed by atoms with van der Waals surface area (Å²) in [7, 11) is 0. The molecule has 18 heavy (non-hydrogen) atoms. The summed E-state index contributed by atoms with van der Waals surface area (Å²) in [4.78, 5) is 0. The molecule has 1 heteroatoms. The lowest BCUT2D eigenvalue weighted by Crippen LogP contribution is -2.30. The molecular weight excluding hydrogens is 218 g/mol. The van der Waals surface area contributed by atoms with Gasteiger partial charge < -0.3 is 0 Å². The highest BCUT2D eigenvalue weighted by Gasteiger charge is 2.37. The fourth-order valence-electron chi connectivity index (χ4n) is 2.62. The smallest absolute Gasteiger partial charge is 0.0693 e. The van der Waals surface area contributed by atoms with Crippen LogP contribution >= 0.6 is 0 Å². The Morgan fingerprint density at radius 1 is 1.28 bits per heavy atom. The first-order chi connectivity index (χ1) is 8.36. The van der Waals surface area contributed by atoms with Gasteiger partial charge in [-0.1, -0.05) is 45.4 Å². The van der Waals surface area contributed by atoms with Crippen molar-refractivity contribution in [2.24, 2.45) is 5.41 Å². The van der Waals surface area contributed by atoms with Gasteiger partial charge in [0.15, 0.2) is 0 Å². The van der Waals surface area contributed by atoms with Crippen molar-refractivity contribution in [3.63, 3.8) is 0 Å². The molecule has 1 aromatic rings. The van der Waals surface area contributed by atoms with Gasteiger partial charge in [0.05, 0.1) is 11.5 Å². The van der Waals surface area contributed by atoms with Gasteiger partial charge >= 0.3 is 0 Å². The summed E-state index contributed by atoms with van der Waals surface area (Å²) in [5.41, 5.74) is 4.17. The lowest BCUT2D eigenvalue weighted by molar-refractivity contribution is 0.213. The molecule has 0 atom stereocenters. The second-order valence-electron chi connectivity index (χ2n) is 6.81. The van der Waals surface area contributed by atoms with Crippen molar-refractivity contribution in [1.29, 1.82) is 5.26 Å². The van der Waals surface area contributed by atoms with Gasteiger partial charge in [0.2, 0.25) is 0 Å². The molecule has 0 aromatic heterocycles. The first-order valence-electron chi connectivity index (χ1n) is 6.88. The minimum Gasteiger partial charge on any atom is -0.198 e. The molecule has 0 unspecified atom stereocenters. The van der Waals surface area contributed by atoms with Crippen LogP contribution in [0.15, 0.2) is 18.2 Å². The van der Waals surface area contributed by atoms with Gasteiger partial charge in [-0.25, -0.2) is 0 Å². The molecule has 1 aromatic carbocycles. The number of aryl methyl sites for hydroxylation is 1. The molecular formula is C17H23N. The normalized spacial score (nSPS) is 17.9. The van der Waals surface area contributed by atoms with E-state index >= 15 is 0 Å². The van der Waals surface area contributed by atoms with Gasteiger partial charge in [-0.3, -0.25) is 0 Å². The SMILES string of the molecule is Cc1ccc(C(C)(C)C)cc1CC1(C#N)CCC1. The van der Waals surface area contributed by atoms with Crippen LogP contribution in [0.5, 0.6) is 0 Å². The maximum atomic E-state index is 9.37. The summed E-state index contributed by atoms with van der Waals surface area (Å²) in [6.07, 6.45) is 4.29. The van der Waals surface area contributed by atoms with Crippen molar-refractivity contribution in [2.45, 2.75) is 58.8 Å². The van der Waals surface area contributed by atoms with E-state index in [2.05, 4.69) is 52.0 Å². The summed E-state index contributed by atoms with van der Waals surface area (Å²) >= 11 is 0. The van der Waals surface area contributed by atoms with Crippen molar-refractivity contribution >= 4 is 0 Å². The molecule has 1 fully saturated rings. The first-order valence-corrected chi connectivity index (χ1v) is 6.88. The second kappa shape index (κ2) is 4.43. The van der Waals surface area contributed by atoms with E-state index in [0.29, 0.717) is 0 Å². The standard InChI is InChI=1S/C17H23N/c1-13-6-7-15(16(2,3)4)10-14(13)11-17(12-18)8-5-9-17/h6-7,10H,5,8-9,11H2,1-4H3. The Hall–Kier alpha value is -1.29. The molecule has 0 amide bonds. The van der Waals surface area contributed by atoms with Crippen LogP contribution in [-0.2, 0) is 11.8 Å². The van der Waals surface area contributed by atoms with E-state index in [0.717, 1.165) is 19.3 Å². The number of hydrogen-bond acceptors (Lipinski definition) is 1. The monoisotopic (exact) mass is 241 g/mol. The summed E-state index contributed by atoms with van der Waals surface area (Å²) in [5, 5.41) is 9.37. The fourth-order valence-corrected chi connectivity index (χ4v) is 2.62. The summed E-state index contributed by atoms with van der Waals surface area (Å²) < 4.78 is 0. The summed E-state index contributed by atoms with van der Waals surface area (Å²) in [6.45, 7) is 8.88. The molecule has 0 aliphatic heterocycles. The molecule has 0 bridgehead atoms. The highest BCUT2D eigenvalue weighted by Crippen LogP contribution is 2.43. The van der Waals surface area contributed by atoms with E-state index in [1.165, 1.54) is 23.1 Å². The molecule has 1 aliphatic rings. The Labute approximate surface area is 111 Å². The van der Waals surface area contributed by atoms with Crippen LogP contribution in [-0.4, -0.2) is 0 Å². The van der Waals surface area contributed by atoms with Gasteiger partial charge in [-0.15, -0.1) is 0 Å². The van der Waals surface area contributed by atoms with Crippen molar-refractivity contribution < 1.29 is 0 Å². The van der Waals surface area contributed by atoms with Crippen LogP contribution in [0.3, 0.4) is 0 Å². The quantitative estimate of drug-likeness (QED) is 0.746. The third-order valence-corrected chi connectivity index (χ3v) is 4.29. The van der Waals surface area contributed by atoms with Gasteiger partial charge in [-0.2, -0.15) is 5.26 Å². The fraction of sp³-hybridized carbons (Fsp3) is 0.588. The predicted molar refractivity (Wildman–Crippen MR) is 75.5 cm³/mol. The largest absolute Gasteiger partial charge is 0.198 e. The van der Waals surface area contributed by atoms with E-state index in [9.17, 15) is 5.26 Å². The average Bonchev–Trinajstić information content (AvgIpc) is 2.24. The van der Waals surface area contributed by atoms with Crippen molar-refractivity contribution in [1.82, 2.24) is 0 Å². The van der Waals surface area contributed by atoms with Crippen LogP contribution < -0.4 is 0 Å². The highest BCUT2D eigenvalue weighted by molar-refractivity contribution is 5.36. The van der Waals surface area contributed by atoms with Crippen molar-refractivity contribution in [3.8, 4) is 6.07 Å². The van der Waals surface area contributed by atoms with E-state index < -0.39 is 0 Å². The molecule has 1 nitrogen and oxygen atoms in total. The molecule has 1 saturated carbocycles. The lowest BCUT2D eigenvalue weighted by Gasteiger charge is -2.36. The average molecular weight is 241 g/mol. The Bertz CT molecular complexity index is 481. The minimum absolute atomic E-state index is 0.0682. The zero-order valence-electron chi connectivity index (χ0n) is 12.0. The zero-order valence-corrected chi connectivity index (χ0v) is 12.0. The van der Waals surface area contributed by atoms with Gasteiger partial charge in [-0.05, 0) is 48.3 Å². The van der Waals surface area contributed by atoms with Gasteiger partial charge in [0, 0.05) is 0 Å². The van der Waals surface area contributed by atoms with Gasteiger partial charge in [0.25, 0.3) is 0 Å². The lowest BCUT2D eigenvalue weighted by atomic mass is 9.66. The van der Waals surface area contributed by atoms with E-state index in [1.807, 2.05) is 0 Å². The van der Waals surface area contributed by atoms with E-state index in [4.69, 9.17) is 0 Å². The highest BCUT2D eigenvalue weighted by atomic mass is 14.4. The zero-order chi connectivity index (χ0) is 13.4. The predicted octanol–water partition coefficient (Wildman–Crippen LogP) is 4.53. The molecule has 96 valence electrons. The third-order valence-electron chi connectivity index (χ3n) is 4.29. The van der Waals surface area contributed by atoms with E-state index in [-0.39, 0.29) is 10.8 Å². The number of hydrogen-bond donors (Lipinski definition) is 0. The first kappa shape index (κ1) is 13.1. The van der Waals surface area contributed by atoms with Crippen LogP contribution in [0, 0.1) is 23.7 Å². The number of nitrogens with zero attached hydrogens (tertiary/aromatic N) is 1. The minimum atomic E-state index is -0.0682. The van der Waals surface area contributed by atoms with Crippen LogP contribution in [0.25, 0.3) is 0 Å². The van der Waals surface area contributed by atoms with Crippen LogP contribution in [0.1, 0.15) is 56.7 Å². The molecule has 0 N–H and O–H groups in total. The van der Waals surface area contributed by atoms with Crippen LogP contribution in [0.4, 0.5) is 0 Å². The molecule has 1 aliphatic carbocycles. The van der Waals surface area contributed by atoms with Crippen molar-refractivity contribution in [3.05, 3.63) is 34.9 Å². The Kier molecular flexibility index (Phi) is 3.23. The van der Waals surface area contributed by atoms with Crippen molar-refractivity contribution in [2.75, 3.05) is 0 Å². The maximum absolute atomic E-state index is 9.37. The third kappa shape index (κ3) is 2.43. The summed E-state index contributed by atoms with van der Waals surface area (Å²) in [5.74, 6) is 0. The Morgan fingerprint density at radius 2 is 1.94 bits per heavy atom. The van der Waals surface area contributed by atoms with Gasteiger partial charge in [0.1, 0.15) is 0 Å². The summed E-state index contributed by atoms with van der Waals surface area (Å²) in [6, 6.07) is 9.29. The Morgan fingerprint density at radius 3 is 2.39 bits per heavy atom. The molecule has 0 heterocycles. The number of nitriles is 1.